The highest BCUT2D eigenvalue weighted by molar-refractivity contribution is 5.86. The van der Waals surface area contributed by atoms with Crippen LogP contribution >= 0.6 is 0 Å². The third-order valence-corrected chi connectivity index (χ3v) is 5.34. The molecule has 0 amide bonds. The quantitative estimate of drug-likeness (QED) is 0.856. The minimum atomic E-state index is -1.03. The van der Waals surface area contributed by atoms with Gasteiger partial charge in [-0.1, -0.05) is 33.8 Å². The van der Waals surface area contributed by atoms with Crippen molar-refractivity contribution in [3.8, 4) is 0 Å². The number of carboxylic acids is 1. The number of rotatable bonds is 3. The first-order chi connectivity index (χ1) is 11.6. The van der Waals surface area contributed by atoms with E-state index in [2.05, 4.69) is 62.0 Å². The summed E-state index contributed by atoms with van der Waals surface area (Å²) in [5.74, 6) is -0.624. The van der Waals surface area contributed by atoms with Gasteiger partial charge in [-0.15, -0.1) is 0 Å². The van der Waals surface area contributed by atoms with Crippen molar-refractivity contribution in [2.24, 2.45) is 0 Å². The molecule has 132 valence electrons. The Labute approximate surface area is 148 Å². The molecule has 5 nitrogen and oxygen atoms in total. The van der Waals surface area contributed by atoms with Gasteiger partial charge >= 0.3 is 5.97 Å². The van der Waals surface area contributed by atoms with Crippen LogP contribution in [0.25, 0.3) is 0 Å². The molecule has 1 aromatic heterocycles. The summed E-state index contributed by atoms with van der Waals surface area (Å²) in [5, 5.41) is 12.2. The summed E-state index contributed by atoms with van der Waals surface area (Å²) in [7, 11) is 0. The number of aryl methyl sites for hydroxylation is 1. The number of carbonyl (C=O) groups is 1. The molecule has 0 aliphatic heterocycles. The van der Waals surface area contributed by atoms with E-state index in [-0.39, 0.29) is 16.4 Å². The zero-order valence-corrected chi connectivity index (χ0v) is 15.5. The number of aromatic carboxylic acids is 1. The molecule has 1 aliphatic rings. The molecule has 0 fully saturated rings. The molecule has 0 bridgehead atoms. The van der Waals surface area contributed by atoms with E-state index >= 15 is 0 Å². The monoisotopic (exact) mass is 339 g/mol. The third-order valence-electron chi connectivity index (χ3n) is 5.34. The second-order valence-corrected chi connectivity index (χ2v) is 8.21. The zero-order chi connectivity index (χ0) is 18.4. The second kappa shape index (κ2) is 5.83. The molecule has 1 aliphatic carbocycles. The molecule has 0 radical (unpaired) electrons. The number of hydrogen-bond donors (Lipinski definition) is 2. The summed E-state index contributed by atoms with van der Waals surface area (Å²) in [6.45, 7) is 11.3. The van der Waals surface area contributed by atoms with E-state index in [1.165, 1.54) is 29.9 Å². The Hall–Kier alpha value is -2.43. The van der Waals surface area contributed by atoms with E-state index in [0.717, 1.165) is 17.7 Å². The number of fused-ring (bicyclic) bond motifs is 1. The van der Waals surface area contributed by atoms with Crippen molar-refractivity contribution in [3.05, 3.63) is 46.8 Å². The zero-order valence-electron chi connectivity index (χ0n) is 15.5. The van der Waals surface area contributed by atoms with Gasteiger partial charge in [0.05, 0.1) is 5.56 Å². The molecule has 3 rings (SSSR count). The van der Waals surface area contributed by atoms with Crippen LogP contribution in [0.2, 0.25) is 0 Å². The molecule has 2 aromatic rings. The fraction of sp³-hybridized carbons (Fsp3) is 0.450. The van der Waals surface area contributed by atoms with Crippen molar-refractivity contribution in [3.63, 3.8) is 0 Å². The van der Waals surface area contributed by atoms with E-state index in [0.29, 0.717) is 5.95 Å². The Morgan fingerprint density at radius 2 is 1.56 bits per heavy atom. The van der Waals surface area contributed by atoms with Gasteiger partial charge in [-0.2, -0.15) is 0 Å². The van der Waals surface area contributed by atoms with Crippen molar-refractivity contribution < 1.29 is 9.90 Å². The van der Waals surface area contributed by atoms with Crippen LogP contribution in [-0.4, -0.2) is 21.0 Å². The molecular formula is C20H25N3O2. The first-order valence-corrected chi connectivity index (χ1v) is 8.58. The number of aromatic nitrogens is 2. The number of nitrogens with zero attached hydrogens (tertiary/aromatic N) is 2. The molecule has 0 saturated carbocycles. The lowest BCUT2D eigenvalue weighted by Crippen LogP contribution is -2.34. The molecule has 1 aromatic carbocycles. The first kappa shape index (κ1) is 17.4. The van der Waals surface area contributed by atoms with Gasteiger partial charge in [-0.05, 0) is 53.4 Å². The van der Waals surface area contributed by atoms with Crippen molar-refractivity contribution in [1.82, 2.24) is 9.97 Å². The molecule has 0 saturated heterocycles. The van der Waals surface area contributed by atoms with Gasteiger partial charge < -0.3 is 10.4 Å². The van der Waals surface area contributed by atoms with Crippen LogP contribution in [-0.2, 0) is 10.8 Å². The van der Waals surface area contributed by atoms with Crippen LogP contribution in [0.15, 0.2) is 24.5 Å². The summed E-state index contributed by atoms with van der Waals surface area (Å²) < 4.78 is 0. The fourth-order valence-electron chi connectivity index (χ4n) is 3.48. The van der Waals surface area contributed by atoms with Gasteiger partial charge in [0.15, 0.2) is 0 Å². The number of benzene rings is 1. The van der Waals surface area contributed by atoms with Gasteiger partial charge in [-0.25, -0.2) is 14.8 Å². The number of carboxylic acid groups (broad SMARTS) is 1. The van der Waals surface area contributed by atoms with Crippen LogP contribution in [0, 0.1) is 6.92 Å². The Morgan fingerprint density at radius 3 is 2.08 bits per heavy atom. The van der Waals surface area contributed by atoms with Crippen LogP contribution in [0.1, 0.15) is 67.6 Å². The summed E-state index contributed by atoms with van der Waals surface area (Å²) >= 11 is 0. The first-order valence-electron chi connectivity index (χ1n) is 8.58. The normalized spacial score (nSPS) is 17.6. The van der Waals surface area contributed by atoms with Crippen LogP contribution in [0.4, 0.5) is 11.6 Å². The lowest BCUT2D eigenvalue weighted by Gasteiger charge is -2.42. The van der Waals surface area contributed by atoms with E-state index in [1.807, 2.05) is 0 Å². The van der Waals surface area contributed by atoms with Crippen molar-refractivity contribution in [2.75, 3.05) is 5.32 Å². The van der Waals surface area contributed by atoms with Gasteiger partial charge in [0.25, 0.3) is 0 Å². The summed E-state index contributed by atoms with van der Waals surface area (Å²) in [6, 6.07) is 4.48. The minimum Gasteiger partial charge on any atom is -0.478 e. The lowest BCUT2D eigenvalue weighted by molar-refractivity contribution is 0.0696. The molecule has 25 heavy (non-hydrogen) atoms. The van der Waals surface area contributed by atoms with E-state index in [9.17, 15) is 4.79 Å². The van der Waals surface area contributed by atoms with E-state index in [1.54, 1.807) is 0 Å². The second-order valence-electron chi connectivity index (χ2n) is 8.21. The maximum atomic E-state index is 10.9. The molecular weight excluding hydrogens is 314 g/mol. The van der Waals surface area contributed by atoms with Crippen LogP contribution < -0.4 is 5.32 Å². The Morgan fingerprint density at radius 1 is 1.04 bits per heavy atom. The van der Waals surface area contributed by atoms with E-state index in [4.69, 9.17) is 5.11 Å². The Balaban J connectivity index is 1.99. The standard InChI is InChI=1S/C20H25N3O2/c1-12-8-14-15(20(4,5)7-6-19(14,2)3)9-16(12)23-18-21-10-13(11-22-18)17(24)25/h8-11H,6-7H2,1-5H3,(H,24,25)(H,21,22,23). The van der Waals surface area contributed by atoms with Gasteiger partial charge in [0, 0.05) is 18.1 Å². The molecule has 0 spiro atoms. The van der Waals surface area contributed by atoms with E-state index < -0.39 is 5.97 Å². The largest absolute Gasteiger partial charge is 0.478 e. The highest BCUT2D eigenvalue weighted by Crippen LogP contribution is 2.47. The SMILES string of the molecule is Cc1cc2c(cc1Nc1ncc(C(=O)O)cn1)C(C)(C)CCC2(C)C. The highest BCUT2D eigenvalue weighted by atomic mass is 16.4. The van der Waals surface area contributed by atoms with Crippen molar-refractivity contribution >= 4 is 17.6 Å². The minimum absolute atomic E-state index is 0.0793. The molecule has 0 atom stereocenters. The topological polar surface area (TPSA) is 75.1 Å². The average molecular weight is 339 g/mol. The summed E-state index contributed by atoms with van der Waals surface area (Å²) in [4.78, 5) is 19.1. The Kier molecular flexibility index (Phi) is 4.06. The number of hydrogen-bond acceptors (Lipinski definition) is 4. The van der Waals surface area contributed by atoms with Crippen molar-refractivity contribution in [2.45, 2.75) is 58.3 Å². The van der Waals surface area contributed by atoms with Crippen LogP contribution in [0.3, 0.4) is 0 Å². The van der Waals surface area contributed by atoms with Gasteiger partial charge in [0.2, 0.25) is 5.95 Å². The number of nitrogens with one attached hydrogen (secondary N) is 1. The maximum Gasteiger partial charge on any atom is 0.338 e. The van der Waals surface area contributed by atoms with Gasteiger partial charge in [0.1, 0.15) is 0 Å². The Bertz CT molecular complexity index is 824. The fourth-order valence-corrected chi connectivity index (χ4v) is 3.48. The highest BCUT2D eigenvalue weighted by Gasteiger charge is 2.37. The maximum absolute atomic E-state index is 10.9. The molecule has 1 heterocycles. The predicted molar refractivity (Wildman–Crippen MR) is 98.7 cm³/mol. The van der Waals surface area contributed by atoms with Crippen molar-refractivity contribution in [1.29, 1.82) is 0 Å². The van der Waals surface area contributed by atoms with Gasteiger partial charge in [-0.3, -0.25) is 0 Å². The summed E-state index contributed by atoms with van der Waals surface area (Å²) in [6.07, 6.45) is 4.97. The molecule has 5 heteroatoms. The third kappa shape index (κ3) is 3.23. The average Bonchev–Trinajstić information content (AvgIpc) is 2.54. The smallest absolute Gasteiger partial charge is 0.338 e. The van der Waals surface area contributed by atoms with Crippen LogP contribution in [0.5, 0.6) is 0 Å². The predicted octanol–water partition coefficient (Wildman–Crippen LogP) is 4.58. The lowest BCUT2D eigenvalue weighted by atomic mass is 9.63. The number of anilines is 2. The molecule has 2 N–H and O–H groups in total. The molecule has 0 unspecified atom stereocenters. The summed E-state index contributed by atoms with van der Waals surface area (Å²) in [5.41, 5.74) is 5.25.